The third-order valence-corrected chi connectivity index (χ3v) is 15.0. The Morgan fingerprint density at radius 2 is 1.93 bits per heavy atom. The fourth-order valence-corrected chi connectivity index (χ4v) is 11.1. The van der Waals surface area contributed by atoms with Crippen LogP contribution in [0.3, 0.4) is 0 Å². The number of aryl methyl sites for hydroxylation is 1. The molecule has 1 aromatic carbocycles. The zero-order chi connectivity index (χ0) is 39.9. The number of nitrogens with one attached hydrogen (secondary N) is 3. The van der Waals surface area contributed by atoms with E-state index in [-0.39, 0.29) is 29.2 Å². The molecule has 0 amide bonds. The van der Waals surface area contributed by atoms with E-state index in [1.54, 1.807) is 18.4 Å². The van der Waals surface area contributed by atoms with E-state index in [2.05, 4.69) is 83.8 Å². The van der Waals surface area contributed by atoms with Crippen LogP contribution in [0.15, 0.2) is 84.8 Å². The third kappa shape index (κ3) is 8.30. The Kier molecular flexibility index (Phi) is 11.5. The third-order valence-electron chi connectivity index (χ3n) is 12.2. The van der Waals surface area contributed by atoms with E-state index in [0.29, 0.717) is 24.5 Å². The van der Waals surface area contributed by atoms with Crippen molar-refractivity contribution in [3.63, 3.8) is 0 Å². The van der Waals surface area contributed by atoms with Crippen LogP contribution in [0.2, 0.25) is 0 Å². The van der Waals surface area contributed by atoms with Crippen molar-refractivity contribution in [3.05, 3.63) is 102 Å². The zero-order valence-corrected chi connectivity index (χ0v) is 35.6. The molecule has 9 nitrogen and oxygen atoms in total. The maximum absolute atomic E-state index is 13.2. The molecule has 4 aliphatic rings. The van der Waals surface area contributed by atoms with Gasteiger partial charge in [-0.1, -0.05) is 65.2 Å². The van der Waals surface area contributed by atoms with Crippen molar-refractivity contribution in [2.75, 3.05) is 13.7 Å². The van der Waals surface area contributed by atoms with Crippen molar-refractivity contribution in [3.8, 4) is 16.5 Å². The van der Waals surface area contributed by atoms with Gasteiger partial charge in [-0.05, 0) is 101 Å². The Morgan fingerprint density at radius 1 is 1.14 bits per heavy atom. The highest BCUT2D eigenvalue weighted by atomic mass is 32.2. The molecule has 2 unspecified atom stereocenters. The van der Waals surface area contributed by atoms with Gasteiger partial charge in [0.05, 0.1) is 46.9 Å². The molecule has 1 saturated heterocycles. The summed E-state index contributed by atoms with van der Waals surface area (Å²) < 4.78 is 35.0. The van der Waals surface area contributed by atoms with Crippen molar-refractivity contribution in [1.82, 2.24) is 30.2 Å². The van der Waals surface area contributed by atoms with E-state index < -0.39 is 15.6 Å². The minimum absolute atomic E-state index is 0.0358. The zero-order valence-electron chi connectivity index (χ0n) is 33.9. The summed E-state index contributed by atoms with van der Waals surface area (Å²) in [5, 5.41) is 11.3. The number of sulfonamides is 1. The molecule has 3 N–H and O–H groups in total. The number of allylic oxidation sites excluding steroid dienone is 2. The van der Waals surface area contributed by atoms with Crippen LogP contribution in [0.5, 0.6) is 5.75 Å². The highest BCUT2D eigenvalue weighted by molar-refractivity contribution is 7.90. The first kappa shape index (κ1) is 40.1. The molecule has 2 aliphatic carbocycles. The van der Waals surface area contributed by atoms with Gasteiger partial charge in [0.15, 0.2) is 0 Å². The first-order chi connectivity index (χ1) is 26.7. The summed E-state index contributed by atoms with van der Waals surface area (Å²) in [7, 11) is -1.76. The number of pyridine rings is 1. The Balaban J connectivity index is 1.24. The summed E-state index contributed by atoms with van der Waals surface area (Å²) in [5.74, 6) is 1.54. The summed E-state index contributed by atoms with van der Waals surface area (Å²) in [6, 6.07) is 6.41. The minimum Gasteiger partial charge on any atom is -0.496 e. The topological polar surface area (TPSA) is 108 Å². The fourth-order valence-electron chi connectivity index (χ4n) is 8.73. The van der Waals surface area contributed by atoms with E-state index in [1.807, 2.05) is 13.0 Å². The molecule has 0 spiro atoms. The average molecular weight is 797 g/mol. The van der Waals surface area contributed by atoms with Gasteiger partial charge in [0, 0.05) is 51.6 Å². The van der Waals surface area contributed by atoms with E-state index >= 15 is 0 Å². The Bertz CT molecular complexity index is 2170. The Hall–Kier alpha value is -4.09. The van der Waals surface area contributed by atoms with E-state index in [4.69, 9.17) is 27.9 Å². The highest BCUT2D eigenvalue weighted by Gasteiger charge is 2.57. The SMILES string of the molecule is C=C(C)N[C@H]1CCCCC/C=C\C2C[C@@]2(C(=C)NS(=O)(=O)C2CC2)NC(=C)C2C[C@@H](Cc3cc(-c4nc(C(C)C)cs4)nc4c(C)c(OC)ccc34)CN2C1=C. The molecule has 300 valence electrons. The number of hydrogen-bond donors (Lipinski definition) is 3. The van der Waals surface area contributed by atoms with E-state index in [1.165, 1.54) is 5.56 Å². The van der Waals surface area contributed by atoms with Crippen molar-refractivity contribution in [2.45, 2.75) is 121 Å². The quantitative estimate of drug-likeness (QED) is 0.165. The number of hydrogen-bond acceptors (Lipinski definition) is 9. The number of nitrogens with zero attached hydrogens (tertiary/aromatic N) is 3. The highest BCUT2D eigenvalue weighted by Crippen LogP contribution is 2.51. The molecule has 3 aromatic rings. The van der Waals surface area contributed by atoms with Crippen LogP contribution < -0.4 is 20.1 Å². The first-order valence-corrected chi connectivity index (χ1v) is 22.8. The smallest absolute Gasteiger partial charge is 0.235 e. The lowest BCUT2D eigenvalue weighted by molar-refractivity contribution is 0.297. The van der Waals surface area contributed by atoms with Gasteiger partial charge >= 0.3 is 0 Å². The van der Waals surface area contributed by atoms with Crippen molar-refractivity contribution < 1.29 is 13.2 Å². The molecule has 2 aliphatic heterocycles. The molecule has 0 bridgehead atoms. The van der Waals surface area contributed by atoms with Gasteiger partial charge < -0.3 is 20.3 Å². The second-order valence-electron chi connectivity index (χ2n) is 17.0. The average Bonchev–Trinajstić information content (AvgIpc) is 4.03. The Morgan fingerprint density at radius 3 is 2.62 bits per heavy atom. The lowest BCUT2D eigenvalue weighted by atomic mass is 9.92. The van der Waals surface area contributed by atoms with Crippen LogP contribution in [-0.4, -0.2) is 59.8 Å². The predicted molar refractivity (Wildman–Crippen MR) is 231 cm³/mol. The van der Waals surface area contributed by atoms with Crippen LogP contribution in [0.4, 0.5) is 0 Å². The molecule has 3 fully saturated rings. The summed E-state index contributed by atoms with van der Waals surface area (Å²) in [5.41, 5.74) is 7.85. The molecule has 11 heteroatoms. The first-order valence-electron chi connectivity index (χ1n) is 20.4. The number of benzene rings is 1. The minimum atomic E-state index is -3.47. The number of aromatic nitrogens is 2. The molecule has 56 heavy (non-hydrogen) atoms. The summed E-state index contributed by atoms with van der Waals surface area (Å²) >= 11 is 1.65. The molecule has 2 aromatic heterocycles. The van der Waals surface area contributed by atoms with Gasteiger partial charge in [-0.15, -0.1) is 11.3 Å². The van der Waals surface area contributed by atoms with E-state index in [9.17, 15) is 8.42 Å². The van der Waals surface area contributed by atoms with Gasteiger partial charge in [-0.2, -0.15) is 0 Å². The predicted octanol–water partition coefficient (Wildman–Crippen LogP) is 9.02. The summed E-state index contributed by atoms with van der Waals surface area (Å²) in [6.45, 7) is 27.3. The number of fused-ring (bicyclic) bond motifs is 3. The monoisotopic (exact) mass is 796 g/mol. The van der Waals surface area contributed by atoms with Gasteiger partial charge in [0.2, 0.25) is 10.0 Å². The van der Waals surface area contributed by atoms with Crippen molar-refractivity contribution in [2.24, 2.45) is 11.8 Å². The number of thiazole rings is 1. The maximum atomic E-state index is 13.2. The van der Waals surface area contributed by atoms with Crippen LogP contribution >= 0.6 is 11.3 Å². The maximum Gasteiger partial charge on any atom is 0.235 e. The van der Waals surface area contributed by atoms with Crippen molar-refractivity contribution >= 4 is 32.3 Å². The van der Waals surface area contributed by atoms with Gasteiger partial charge in [0.25, 0.3) is 0 Å². The lowest BCUT2D eigenvalue weighted by Crippen LogP contribution is -2.47. The molecular weight excluding hydrogens is 737 g/mol. The molecule has 7 rings (SSSR count). The van der Waals surface area contributed by atoms with Crippen LogP contribution in [0.25, 0.3) is 21.6 Å². The largest absolute Gasteiger partial charge is 0.496 e. The molecule has 0 radical (unpaired) electrons. The van der Waals surface area contributed by atoms with Crippen LogP contribution in [0.1, 0.15) is 101 Å². The second-order valence-corrected chi connectivity index (χ2v) is 19.8. The fraction of sp³-hybridized carbons (Fsp3) is 0.511. The van der Waals surface area contributed by atoms with Crippen LogP contribution in [-0.2, 0) is 16.4 Å². The Labute approximate surface area is 338 Å². The molecule has 2 saturated carbocycles. The summed E-state index contributed by atoms with van der Waals surface area (Å²) in [4.78, 5) is 12.6. The van der Waals surface area contributed by atoms with E-state index in [0.717, 1.165) is 114 Å². The van der Waals surface area contributed by atoms with Gasteiger partial charge in [0.1, 0.15) is 10.8 Å². The summed E-state index contributed by atoms with van der Waals surface area (Å²) in [6.07, 6.45) is 13.6. The van der Waals surface area contributed by atoms with Crippen molar-refractivity contribution in [1.29, 1.82) is 0 Å². The number of ether oxygens (including phenoxy) is 1. The standard InChI is InChI=1S/C45H60N6O3S2/c1-27(2)40-26-55-44(48-40)39-23-34(37-19-20-42(54-9)29(5)43(37)47-39)21-33-22-41-30(6)49-45(32(8)50-56(52,53)36-17-18-36)24-35(45)15-13-11-10-12-14-16-38(46-28(3)4)31(7)51(41)25-33/h13,15,19-20,23,26-27,33,35-36,38,41,46,49-50H,3,6-8,10-12,14,16-18,21-22,24-25H2,1-2,4-5,9H3/b15-13-/t33-,35?,38+,41?,45+/m1/s1. The lowest BCUT2D eigenvalue weighted by Gasteiger charge is -2.37. The molecule has 5 atom stereocenters. The molecule has 4 heterocycles. The number of methoxy groups -OCH3 is 1. The number of rotatable bonds is 11. The second kappa shape index (κ2) is 16.0. The van der Waals surface area contributed by atoms with Gasteiger partial charge in [-0.3, -0.25) is 4.72 Å². The van der Waals surface area contributed by atoms with Gasteiger partial charge in [-0.25, -0.2) is 18.4 Å². The normalized spacial score (nSPS) is 26.4. The molecular formula is C45H60N6O3S2. The van der Waals surface area contributed by atoms with Crippen LogP contribution in [0, 0.1) is 18.8 Å².